The first-order valence-corrected chi connectivity index (χ1v) is 11.8. The van der Waals surface area contributed by atoms with Crippen LogP contribution in [0.2, 0.25) is 0 Å². The van der Waals surface area contributed by atoms with Gasteiger partial charge in [-0.2, -0.15) is 0 Å². The molecule has 2 amide bonds. The van der Waals surface area contributed by atoms with E-state index in [2.05, 4.69) is 4.72 Å². The molecule has 0 fully saturated rings. The summed E-state index contributed by atoms with van der Waals surface area (Å²) in [7, 11) is -0.213. The number of hydrogen-bond acceptors (Lipinski definition) is 4. The van der Waals surface area contributed by atoms with Crippen LogP contribution in [0.4, 0.5) is 0 Å². The predicted molar refractivity (Wildman–Crippen MR) is 121 cm³/mol. The van der Waals surface area contributed by atoms with Gasteiger partial charge >= 0.3 is 0 Å². The molecule has 0 saturated carbocycles. The Kier molecular flexibility index (Phi) is 8.36. The lowest BCUT2D eigenvalue weighted by molar-refractivity contribution is 0.0751. The van der Waals surface area contributed by atoms with E-state index in [0.29, 0.717) is 30.6 Å². The summed E-state index contributed by atoms with van der Waals surface area (Å²) >= 11 is 0. The minimum atomic E-state index is -3.61. The van der Waals surface area contributed by atoms with Crippen LogP contribution in [0, 0.1) is 0 Å². The van der Waals surface area contributed by atoms with Gasteiger partial charge in [-0.3, -0.25) is 9.59 Å². The van der Waals surface area contributed by atoms with Gasteiger partial charge in [-0.15, -0.1) is 0 Å². The van der Waals surface area contributed by atoms with Crippen LogP contribution in [0.15, 0.2) is 53.4 Å². The fourth-order valence-corrected chi connectivity index (χ4v) is 4.26. The van der Waals surface area contributed by atoms with Crippen molar-refractivity contribution in [1.29, 1.82) is 0 Å². The summed E-state index contributed by atoms with van der Waals surface area (Å²) in [4.78, 5) is 28.3. The van der Waals surface area contributed by atoms with E-state index in [9.17, 15) is 18.0 Å². The third-order valence-electron chi connectivity index (χ3n) is 5.03. The zero-order valence-corrected chi connectivity index (χ0v) is 19.6. The van der Waals surface area contributed by atoms with E-state index < -0.39 is 10.0 Å². The topological polar surface area (TPSA) is 86.8 Å². The summed E-state index contributed by atoms with van der Waals surface area (Å²) in [5.74, 6) is -0.261. The second-order valence-corrected chi connectivity index (χ2v) is 9.38. The van der Waals surface area contributed by atoms with Gasteiger partial charge in [-0.25, -0.2) is 13.1 Å². The Hall–Kier alpha value is -2.71. The zero-order valence-electron chi connectivity index (χ0n) is 18.8. The molecule has 0 bridgehead atoms. The molecule has 2 rings (SSSR count). The number of sulfonamides is 1. The predicted octanol–water partition coefficient (Wildman–Crippen LogP) is 3.13. The summed E-state index contributed by atoms with van der Waals surface area (Å²) in [5, 5.41) is 0. The molecule has 0 aliphatic rings. The van der Waals surface area contributed by atoms with Gasteiger partial charge in [0, 0.05) is 44.4 Å². The number of nitrogens with one attached hydrogen (secondary N) is 1. The molecule has 2 aromatic carbocycles. The number of amides is 2. The Morgan fingerprint density at radius 2 is 1.42 bits per heavy atom. The smallest absolute Gasteiger partial charge is 0.254 e. The van der Waals surface area contributed by atoms with Gasteiger partial charge in [0.05, 0.1) is 4.90 Å². The van der Waals surface area contributed by atoms with Crippen molar-refractivity contribution in [2.45, 2.75) is 44.7 Å². The molecule has 0 spiro atoms. The highest BCUT2D eigenvalue weighted by Crippen LogP contribution is 2.15. The summed E-state index contributed by atoms with van der Waals surface area (Å²) in [6.07, 6.45) is 0.686. The van der Waals surface area contributed by atoms with Crippen LogP contribution in [0.3, 0.4) is 0 Å². The van der Waals surface area contributed by atoms with Crippen molar-refractivity contribution in [2.75, 3.05) is 20.6 Å². The maximum Gasteiger partial charge on any atom is 0.254 e. The molecule has 7 nitrogen and oxygen atoms in total. The van der Waals surface area contributed by atoms with E-state index in [0.717, 1.165) is 5.56 Å². The summed E-state index contributed by atoms with van der Waals surface area (Å²) < 4.78 is 27.4. The van der Waals surface area contributed by atoms with E-state index in [1.807, 2.05) is 26.0 Å². The molecule has 1 unspecified atom stereocenters. The minimum Gasteiger partial charge on any atom is -0.345 e. The number of rotatable bonds is 9. The molecule has 0 radical (unpaired) electrons. The van der Waals surface area contributed by atoms with Gasteiger partial charge in [0.2, 0.25) is 10.0 Å². The van der Waals surface area contributed by atoms with Crippen LogP contribution in [0.5, 0.6) is 0 Å². The van der Waals surface area contributed by atoms with Crippen LogP contribution in [-0.2, 0) is 16.6 Å². The lowest BCUT2D eigenvalue weighted by Gasteiger charge is -2.21. The maximum absolute atomic E-state index is 12.9. The average molecular weight is 446 g/mol. The van der Waals surface area contributed by atoms with Crippen molar-refractivity contribution in [1.82, 2.24) is 14.5 Å². The fraction of sp³-hybridized carbons (Fsp3) is 0.391. The normalized spacial score (nSPS) is 12.3. The van der Waals surface area contributed by atoms with Crippen LogP contribution < -0.4 is 4.72 Å². The molecule has 2 aromatic rings. The van der Waals surface area contributed by atoms with E-state index in [1.54, 1.807) is 38.1 Å². The molecule has 0 heterocycles. The van der Waals surface area contributed by atoms with Crippen LogP contribution in [0.1, 0.15) is 53.5 Å². The van der Waals surface area contributed by atoms with Gasteiger partial charge in [0.25, 0.3) is 11.8 Å². The van der Waals surface area contributed by atoms with Crippen LogP contribution in [-0.4, -0.2) is 56.7 Å². The van der Waals surface area contributed by atoms with E-state index in [4.69, 9.17) is 0 Å². The molecular formula is C23H31N3O4S. The first-order valence-electron chi connectivity index (χ1n) is 10.3. The molecule has 8 heteroatoms. The van der Waals surface area contributed by atoms with Crippen molar-refractivity contribution in [2.24, 2.45) is 0 Å². The highest BCUT2D eigenvalue weighted by molar-refractivity contribution is 7.89. The van der Waals surface area contributed by atoms with E-state index in [1.165, 1.54) is 29.2 Å². The molecule has 0 aliphatic carbocycles. The number of benzene rings is 2. The maximum atomic E-state index is 12.9. The van der Waals surface area contributed by atoms with Crippen molar-refractivity contribution in [3.8, 4) is 0 Å². The van der Waals surface area contributed by atoms with Crippen LogP contribution in [0.25, 0.3) is 0 Å². The number of hydrogen-bond donors (Lipinski definition) is 1. The first-order chi connectivity index (χ1) is 14.6. The minimum absolute atomic E-state index is 0.0761. The Labute approximate surface area is 185 Å². The number of carbonyl (C=O) groups excluding carboxylic acids is 2. The molecule has 31 heavy (non-hydrogen) atoms. The fourth-order valence-electron chi connectivity index (χ4n) is 2.93. The lowest BCUT2D eigenvalue weighted by atomic mass is 10.1. The molecule has 0 aromatic heterocycles. The molecule has 1 N–H and O–H groups in total. The molecule has 168 valence electrons. The van der Waals surface area contributed by atoms with Crippen molar-refractivity contribution in [3.63, 3.8) is 0 Å². The third kappa shape index (κ3) is 6.38. The van der Waals surface area contributed by atoms with Gasteiger partial charge < -0.3 is 9.80 Å². The monoisotopic (exact) mass is 445 g/mol. The zero-order chi connectivity index (χ0) is 23.2. The third-order valence-corrected chi connectivity index (χ3v) is 6.64. The summed E-state index contributed by atoms with van der Waals surface area (Å²) in [6.45, 7) is 6.48. The van der Waals surface area contributed by atoms with Gasteiger partial charge in [0.15, 0.2) is 0 Å². The molecular weight excluding hydrogens is 414 g/mol. The number of carbonyl (C=O) groups is 2. The van der Waals surface area contributed by atoms with E-state index >= 15 is 0 Å². The molecule has 1 atom stereocenters. The van der Waals surface area contributed by atoms with Gasteiger partial charge in [-0.05, 0) is 62.2 Å². The lowest BCUT2D eigenvalue weighted by Crippen LogP contribution is -2.32. The Morgan fingerprint density at radius 1 is 0.903 bits per heavy atom. The second-order valence-electron chi connectivity index (χ2n) is 7.67. The average Bonchev–Trinajstić information content (AvgIpc) is 2.76. The number of nitrogens with zero attached hydrogens (tertiary/aromatic N) is 2. The van der Waals surface area contributed by atoms with Crippen molar-refractivity contribution < 1.29 is 18.0 Å². The van der Waals surface area contributed by atoms with Gasteiger partial charge in [-0.1, -0.05) is 19.1 Å². The van der Waals surface area contributed by atoms with Gasteiger partial charge in [0.1, 0.15) is 0 Å². The largest absolute Gasteiger partial charge is 0.345 e. The van der Waals surface area contributed by atoms with E-state index in [-0.39, 0.29) is 22.8 Å². The summed E-state index contributed by atoms with van der Waals surface area (Å²) in [5.41, 5.74) is 1.91. The Balaban J connectivity index is 2.12. The highest BCUT2D eigenvalue weighted by Gasteiger charge is 2.19. The highest BCUT2D eigenvalue weighted by atomic mass is 32.2. The Morgan fingerprint density at radius 3 is 1.90 bits per heavy atom. The van der Waals surface area contributed by atoms with Crippen molar-refractivity contribution >= 4 is 21.8 Å². The molecule has 0 saturated heterocycles. The SMILES string of the molecule is CCC(C)NS(=O)(=O)c1ccc(C(=O)N(CC)Cc2ccc(C(=O)N(C)C)cc2)cc1. The standard InChI is InChI=1S/C23H31N3O4S/c1-6-17(3)24-31(29,30)21-14-12-20(13-15-21)23(28)26(7-2)16-18-8-10-19(11-9-18)22(27)25(4)5/h8-15,17,24H,6-7,16H2,1-5H3. The Bertz CT molecular complexity index is 1000. The molecule has 0 aliphatic heterocycles. The summed E-state index contributed by atoms with van der Waals surface area (Å²) in [6, 6.07) is 13.0. The second kappa shape index (κ2) is 10.5. The quantitative estimate of drug-likeness (QED) is 0.642. The first kappa shape index (κ1) is 24.6. The van der Waals surface area contributed by atoms with Crippen LogP contribution >= 0.6 is 0 Å². The van der Waals surface area contributed by atoms with Crippen molar-refractivity contribution in [3.05, 3.63) is 65.2 Å².